The summed E-state index contributed by atoms with van der Waals surface area (Å²) in [5.74, 6) is -0.854. The lowest BCUT2D eigenvalue weighted by Crippen LogP contribution is -2.38. The van der Waals surface area contributed by atoms with Crippen LogP contribution in [0, 0.1) is 0 Å². The van der Waals surface area contributed by atoms with Crippen molar-refractivity contribution in [2.75, 3.05) is 12.4 Å². The molecule has 1 aromatic rings. The third kappa shape index (κ3) is 4.24. The molecule has 3 N–H and O–H groups in total. The minimum absolute atomic E-state index is 0.0178. The quantitative estimate of drug-likeness (QED) is 0.725. The minimum Gasteiger partial charge on any atom is -0.496 e. The Bertz CT molecular complexity index is 574. The summed E-state index contributed by atoms with van der Waals surface area (Å²) in [5.41, 5.74) is 0.543. The van der Waals surface area contributed by atoms with E-state index in [0.29, 0.717) is 16.8 Å². The average molecular weight is 343 g/mol. The molecule has 1 fully saturated rings. The molecule has 0 spiro atoms. The van der Waals surface area contributed by atoms with Crippen LogP contribution in [-0.2, 0) is 0 Å². The molecule has 1 saturated carbocycles. The highest BCUT2D eigenvalue weighted by Gasteiger charge is 2.17. The van der Waals surface area contributed by atoms with Gasteiger partial charge in [-0.05, 0) is 31.1 Å². The zero-order valence-electron chi connectivity index (χ0n) is 12.3. The van der Waals surface area contributed by atoms with Gasteiger partial charge in [0.1, 0.15) is 11.3 Å². The molecule has 0 radical (unpaired) electrons. The van der Waals surface area contributed by atoms with Crippen molar-refractivity contribution in [3.63, 3.8) is 0 Å². The lowest BCUT2D eigenvalue weighted by Gasteiger charge is -2.24. The van der Waals surface area contributed by atoms with Crippen molar-refractivity contribution in [3.05, 3.63) is 22.7 Å². The van der Waals surface area contributed by atoms with Crippen molar-refractivity contribution in [1.82, 2.24) is 5.32 Å². The molecule has 22 heavy (non-hydrogen) atoms. The Labute approximate surface area is 140 Å². The predicted molar refractivity (Wildman–Crippen MR) is 91.2 cm³/mol. The molecule has 0 heterocycles. The van der Waals surface area contributed by atoms with E-state index < -0.39 is 5.97 Å². The maximum absolute atomic E-state index is 11.1. The minimum atomic E-state index is -1.09. The summed E-state index contributed by atoms with van der Waals surface area (Å²) in [6.45, 7) is 0. The maximum atomic E-state index is 11.1. The van der Waals surface area contributed by atoms with Crippen LogP contribution < -0.4 is 15.4 Å². The number of nitrogens with one attached hydrogen (secondary N) is 2. The topological polar surface area (TPSA) is 70.6 Å². The summed E-state index contributed by atoms with van der Waals surface area (Å²) in [4.78, 5) is 11.1. The van der Waals surface area contributed by atoms with Crippen LogP contribution in [0.25, 0.3) is 0 Å². The number of carbonyl (C=O) groups is 1. The zero-order chi connectivity index (χ0) is 16.1. The number of aromatic carboxylic acids is 1. The molecule has 2 rings (SSSR count). The summed E-state index contributed by atoms with van der Waals surface area (Å²) in [6, 6.07) is 3.28. The number of thiocarbonyl (C=S) groups is 1. The predicted octanol–water partition coefficient (Wildman–Crippen LogP) is 3.67. The Morgan fingerprint density at radius 2 is 2.05 bits per heavy atom. The van der Waals surface area contributed by atoms with E-state index >= 15 is 0 Å². The van der Waals surface area contributed by atoms with Gasteiger partial charge in [-0.3, -0.25) is 0 Å². The van der Waals surface area contributed by atoms with Crippen LogP contribution in [0.2, 0.25) is 5.02 Å². The Kier molecular flexibility index (Phi) is 5.85. The van der Waals surface area contributed by atoms with Crippen molar-refractivity contribution >= 4 is 40.6 Å². The molecule has 0 bridgehead atoms. The first-order valence-corrected chi connectivity index (χ1v) is 7.98. The van der Waals surface area contributed by atoms with E-state index in [0.717, 1.165) is 12.8 Å². The summed E-state index contributed by atoms with van der Waals surface area (Å²) < 4.78 is 5.09. The van der Waals surface area contributed by atoms with Crippen molar-refractivity contribution < 1.29 is 14.6 Å². The van der Waals surface area contributed by atoms with Gasteiger partial charge in [-0.2, -0.15) is 0 Å². The number of anilines is 1. The second-order valence-corrected chi connectivity index (χ2v) is 6.09. The lowest BCUT2D eigenvalue weighted by atomic mass is 9.96. The van der Waals surface area contributed by atoms with Gasteiger partial charge in [0, 0.05) is 12.1 Å². The molecular weight excluding hydrogens is 324 g/mol. The van der Waals surface area contributed by atoms with Crippen LogP contribution in [0.1, 0.15) is 42.5 Å². The Morgan fingerprint density at radius 1 is 1.36 bits per heavy atom. The summed E-state index contributed by atoms with van der Waals surface area (Å²) in [5, 5.41) is 16.2. The Hall–Kier alpha value is -1.53. The van der Waals surface area contributed by atoms with Gasteiger partial charge in [-0.1, -0.05) is 30.9 Å². The lowest BCUT2D eigenvalue weighted by molar-refractivity contribution is 0.0693. The molecule has 0 atom stereocenters. The van der Waals surface area contributed by atoms with E-state index in [1.165, 1.54) is 32.4 Å². The second-order valence-electron chi connectivity index (χ2n) is 5.27. The number of rotatable bonds is 4. The standard InChI is InChI=1S/C15H19ClN2O3S/c1-21-13-8-12(11(16)7-10(13)14(19)20)18-15(22)17-9-5-3-2-4-6-9/h7-9H,2-6H2,1H3,(H,19,20)(H2,17,18,22). The second kappa shape index (κ2) is 7.65. The number of carboxylic acid groups (broad SMARTS) is 1. The molecular formula is C15H19ClN2O3S. The molecule has 1 aromatic carbocycles. The molecule has 0 unspecified atom stereocenters. The molecule has 0 aromatic heterocycles. The molecule has 120 valence electrons. The fraction of sp³-hybridized carbons (Fsp3) is 0.467. The van der Waals surface area contributed by atoms with Gasteiger partial charge in [0.15, 0.2) is 5.11 Å². The number of halogens is 1. The van der Waals surface area contributed by atoms with Crippen molar-refractivity contribution in [1.29, 1.82) is 0 Å². The van der Waals surface area contributed by atoms with Crippen LogP contribution >= 0.6 is 23.8 Å². The molecule has 5 nitrogen and oxygen atoms in total. The van der Waals surface area contributed by atoms with Crippen LogP contribution in [0.15, 0.2) is 12.1 Å². The van der Waals surface area contributed by atoms with E-state index in [9.17, 15) is 4.79 Å². The number of methoxy groups -OCH3 is 1. The van der Waals surface area contributed by atoms with Crippen molar-refractivity contribution in [3.8, 4) is 5.75 Å². The highest BCUT2D eigenvalue weighted by molar-refractivity contribution is 7.80. The molecule has 7 heteroatoms. The fourth-order valence-electron chi connectivity index (χ4n) is 2.58. The van der Waals surface area contributed by atoms with E-state index in [4.69, 9.17) is 33.7 Å². The van der Waals surface area contributed by atoms with Crippen molar-refractivity contribution in [2.24, 2.45) is 0 Å². The van der Waals surface area contributed by atoms with E-state index in [-0.39, 0.29) is 16.3 Å². The van der Waals surface area contributed by atoms with Gasteiger partial charge in [-0.15, -0.1) is 0 Å². The molecule has 0 saturated heterocycles. The van der Waals surface area contributed by atoms with Gasteiger partial charge in [-0.25, -0.2) is 4.79 Å². The molecule has 1 aliphatic carbocycles. The smallest absolute Gasteiger partial charge is 0.339 e. The summed E-state index contributed by atoms with van der Waals surface area (Å²) in [6.07, 6.45) is 5.91. The number of benzene rings is 1. The van der Waals surface area contributed by atoms with Gasteiger partial charge in [0.25, 0.3) is 0 Å². The van der Waals surface area contributed by atoms with E-state index in [1.807, 2.05) is 0 Å². The molecule has 1 aliphatic rings. The Balaban J connectivity index is 2.08. The summed E-state index contributed by atoms with van der Waals surface area (Å²) >= 11 is 11.4. The first kappa shape index (κ1) is 16.8. The molecule has 0 amide bonds. The summed E-state index contributed by atoms with van der Waals surface area (Å²) in [7, 11) is 1.41. The third-order valence-corrected chi connectivity index (χ3v) is 4.24. The Morgan fingerprint density at radius 3 is 2.64 bits per heavy atom. The number of hydrogen-bond donors (Lipinski definition) is 3. The SMILES string of the molecule is COc1cc(NC(=S)NC2CCCCC2)c(Cl)cc1C(=O)O. The largest absolute Gasteiger partial charge is 0.496 e. The van der Waals surface area contributed by atoms with Crippen LogP contribution in [0.4, 0.5) is 5.69 Å². The number of carboxylic acids is 1. The normalized spacial score (nSPS) is 15.2. The van der Waals surface area contributed by atoms with Crippen LogP contribution in [0.3, 0.4) is 0 Å². The highest BCUT2D eigenvalue weighted by Crippen LogP contribution is 2.31. The molecule has 0 aliphatic heterocycles. The van der Waals surface area contributed by atoms with Gasteiger partial charge < -0.3 is 20.5 Å². The third-order valence-electron chi connectivity index (χ3n) is 3.71. The van der Waals surface area contributed by atoms with Gasteiger partial charge in [0.05, 0.1) is 17.8 Å². The zero-order valence-corrected chi connectivity index (χ0v) is 13.9. The fourth-order valence-corrected chi connectivity index (χ4v) is 3.06. The van der Waals surface area contributed by atoms with Gasteiger partial charge in [0.2, 0.25) is 0 Å². The highest BCUT2D eigenvalue weighted by atomic mass is 35.5. The first-order valence-electron chi connectivity index (χ1n) is 7.19. The van der Waals surface area contributed by atoms with E-state index in [2.05, 4.69) is 10.6 Å². The average Bonchev–Trinajstić information content (AvgIpc) is 2.49. The maximum Gasteiger partial charge on any atom is 0.339 e. The number of ether oxygens (including phenoxy) is 1. The van der Waals surface area contributed by atoms with Crippen LogP contribution in [-0.4, -0.2) is 29.3 Å². The first-order chi connectivity index (χ1) is 10.5. The van der Waals surface area contributed by atoms with Crippen molar-refractivity contribution in [2.45, 2.75) is 38.1 Å². The number of hydrogen-bond acceptors (Lipinski definition) is 3. The van der Waals surface area contributed by atoms with Crippen LogP contribution in [0.5, 0.6) is 5.75 Å². The van der Waals surface area contributed by atoms with E-state index in [1.54, 1.807) is 6.07 Å². The monoisotopic (exact) mass is 342 g/mol. The van der Waals surface area contributed by atoms with Gasteiger partial charge >= 0.3 is 5.97 Å².